The number of thiocarbonyl (C=S) groups is 1. The zero-order valence-corrected chi connectivity index (χ0v) is 19.3. The van der Waals surface area contributed by atoms with Gasteiger partial charge in [0.05, 0.1) is 9.82 Å². The molecule has 1 saturated carbocycles. The first kappa shape index (κ1) is 24.5. The van der Waals surface area contributed by atoms with Crippen molar-refractivity contribution in [3.8, 4) is 0 Å². The summed E-state index contributed by atoms with van der Waals surface area (Å²) in [5.41, 5.74) is 0.936. The van der Waals surface area contributed by atoms with Crippen molar-refractivity contribution in [3.05, 3.63) is 70.3 Å². The number of amides is 1. The molecular formula is C22H24N4O5S2. The van der Waals surface area contributed by atoms with Crippen molar-refractivity contribution in [2.24, 2.45) is 0 Å². The van der Waals surface area contributed by atoms with Gasteiger partial charge in [0.25, 0.3) is 5.69 Å². The molecule has 11 heteroatoms. The van der Waals surface area contributed by atoms with Crippen molar-refractivity contribution in [1.29, 1.82) is 0 Å². The summed E-state index contributed by atoms with van der Waals surface area (Å²) in [4.78, 5) is 22.5. The van der Waals surface area contributed by atoms with Gasteiger partial charge in [-0.15, -0.1) is 0 Å². The maximum Gasteiger partial charge on any atom is 0.270 e. The molecule has 0 saturated heterocycles. The van der Waals surface area contributed by atoms with Crippen LogP contribution in [0.1, 0.15) is 37.7 Å². The van der Waals surface area contributed by atoms with Crippen LogP contribution in [-0.4, -0.2) is 30.4 Å². The van der Waals surface area contributed by atoms with Gasteiger partial charge in [0.1, 0.15) is 0 Å². The lowest BCUT2D eigenvalue weighted by Gasteiger charge is -2.22. The zero-order chi connectivity index (χ0) is 23.8. The van der Waals surface area contributed by atoms with E-state index in [2.05, 4.69) is 15.4 Å². The Hall–Kier alpha value is -3.15. The number of nitro groups is 1. The number of sulfonamides is 1. The molecule has 0 spiro atoms. The first-order chi connectivity index (χ1) is 15.7. The van der Waals surface area contributed by atoms with Gasteiger partial charge >= 0.3 is 0 Å². The summed E-state index contributed by atoms with van der Waals surface area (Å²) in [5.74, 6) is -0.519. The smallest absolute Gasteiger partial charge is 0.270 e. The minimum atomic E-state index is -3.60. The Bertz CT molecular complexity index is 1160. The molecule has 1 amide bonds. The van der Waals surface area contributed by atoms with E-state index in [-0.39, 0.29) is 21.7 Å². The van der Waals surface area contributed by atoms with Crippen molar-refractivity contribution in [2.45, 2.75) is 43.0 Å². The molecule has 1 aliphatic rings. The molecule has 0 atom stereocenters. The average molecular weight is 489 g/mol. The van der Waals surface area contributed by atoms with Gasteiger partial charge in [0.15, 0.2) is 5.11 Å². The lowest BCUT2D eigenvalue weighted by atomic mass is 9.96. The Morgan fingerprint density at radius 3 is 2.45 bits per heavy atom. The van der Waals surface area contributed by atoms with E-state index in [1.807, 2.05) is 0 Å². The summed E-state index contributed by atoms with van der Waals surface area (Å²) in [7, 11) is -3.60. The lowest BCUT2D eigenvalue weighted by Crippen LogP contribution is -2.36. The first-order valence-electron chi connectivity index (χ1n) is 10.4. The van der Waals surface area contributed by atoms with Gasteiger partial charge < -0.3 is 5.32 Å². The molecular weight excluding hydrogens is 464 g/mol. The largest absolute Gasteiger partial charge is 0.332 e. The molecule has 0 unspecified atom stereocenters. The number of rotatable bonds is 7. The molecule has 9 nitrogen and oxygen atoms in total. The van der Waals surface area contributed by atoms with Crippen LogP contribution in [-0.2, 0) is 14.8 Å². The van der Waals surface area contributed by atoms with Crippen LogP contribution in [0.3, 0.4) is 0 Å². The third-order valence-corrected chi connectivity index (χ3v) is 6.83. The quantitative estimate of drug-likeness (QED) is 0.234. The van der Waals surface area contributed by atoms with Gasteiger partial charge in [-0.1, -0.05) is 31.4 Å². The Morgan fingerprint density at radius 1 is 1.09 bits per heavy atom. The highest BCUT2D eigenvalue weighted by atomic mass is 32.2. The van der Waals surface area contributed by atoms with Crippen LogP contribution >= 0.6 is 12.2 Å². The molecule has 1 fully saturated rings. The molecule has 33 heavy (non-hydrogen) atoms. The highest BCUT2D eigenvalue weighted by Crippen LogP contribution is 2.21. The zero-order valence-electron chi connectivity index (χ0n) is 17.7. The Labute approximate surface area is 197 Å². The van der Waals surface area contributed by atoms with E-state index in [9.17, 15) is 23.3 Å². The Kier molecular flexibility index (Phi) is 8.26. The molecule has 2 aromatic rings. The first-order valence-corrected chi connectivity index (χ1v) is 12.3. The van der Waals surface area contributed by atoms with E-state index in [0.29, 0.717) is 11.3 Å². The molecule has 3 N–H and O–H groups in total. The second-order valence-electron chi connectivity index (χ2n) is 7.61. The van der Waals surface area contributed by atoms with Crippen LogP contribution in [0.5, 0.6) is 0 Å². The van der Waals surface area contributed by atoms with Crippen LogP contribution in [0, 0.1) is 10.1 Å². The topological polar surface area (TPSA) is 130 Å². The van der Waals surface area contributed by atoms with Crippen molar-refractivity contribution in [3.63, 3.8) is 0 Å². The number of carbonyl (C=O) groups is 1. The molecule has 3 rings (SSSR count). The number of benzene rings is 2. The van der Waals surface area contributed by atoms with Gasteiger partial charge in [-0.25, -0.2) is 13.1 Å². The van der Waals surface area contributed by atoms with E-state index in [0.717, 1.165) is 32.1 Å². The fourth-order valence-electron chi connectivity index (χ4n) is 3.46. The molecule has 0 aliphatic heterocycles. The number of carbonyl (C=O) groups excluding carboxylic acids is 1. The van der Waals surface area contributed by atoms with Crippen LogP contribution in [0.25, 0.3) is 6.08 Å². The van der Waals surface area contributed by atoms with Gasteiger partial charge in [-0.2, -0.15) is 0 Å². The second-order valence-corrected chi connectivity index (χ2v) is 9.73. The van der Waals surface area contributed by atoms with Crippen molar-refractivity contribution >= 4 is 50.7 Å². The SMILES string of the molecule is O=C(/C=C/c1cccc([N+](=O)[O-])c1)NC(=S)Nc1ccc(S(=O)(=O)NC2CCCCC2)cc1. The summed E-state index contributed by atoms with van der Waals surface area (Å²) in [5, 5.41) is 16.1. The summed E-state index contributed by atoms with van der Waals surface area (Å²) >= 11 is 5.12. The normalized spacial score (nSPS) is 14.7. The third-order valence-electron chi connectivity index (χ3n) is 5.09. The summed E-state index contributed by atoms with van der Waals surface area (Å²) < 4.78 is 27.9. The molecule has 174 valence electrons. The maximum atomic E-state index is 12.6. The number of nitrogens with one attached hydrogen (secondary N) is 3. The fraction of sp³-hybridized carbons (Fsp3) is 0.273. The van der Waals surface area contributed by atoms with E-state index in [1.54, 1.807) is 18.2 Å². The number of non-ortho nitro benzene ring substituents is 1. The van der Waals surface area contributed by atoms with Gasteiger partial charge in [0.2, 0.25) is 15.9 Å². The van der Waals surface area contributed by atoms with E-state index >= 15 is 0 Å². The molecule has 0 heterocycles. The molecule has 1 aliphatic carbocycles. The monoisotopic (exact) mass is 488 g/mol. The van der Waals surface area contributed by atoms with E-state index in [1.165, 1.54) is 42.5 Å². The van der Waals surface area contributed by atoms with Crippen molar-refractivity contribution < 1.29 is 18.1 Å². The highest BCUT2D eigenvalue weighted by molar-refractivity contribution is 7.89. The number of anilines is 1. The van der Waals surface area contributed by atoms with Crippen LogP contribution in [0.4, 0.5) is 11.4 Å². The molecule has 0 aromatic heterocycles. The van der Waals surface area contributed by atoms with Gasteiger partial charge in [-0.05, 0) is 61.0 Å². The molecule has 0 radical (unpaired) electrons. The van der Waals surface area contributed by atoms with Crippen LogP contribution in [0.15, 0.2) is 59.5 Å². The molecule has 2 aromatic carbocycles. The predicted molar refractivity (Wildman–Crippen MR) is 130 cm³/mol. The number of hydrogen-bond acceptors (Lipinski definition) is 6. The minimum absolute atomic E-state index is 0.0274. The van der Waals surface area contributed by atoms with E-state index < -0.39 is 20.9 Å². The Morgan fingerprint density at radius 2 is 1.79 bits per heavy atom. The standard InChI is InChI=1S/C22H24N4O5S2/c27-21(14-9-16-5-4-8-19(15-16)26(28)29)24-22(32)23-17-10-12-20(13-11-17)33(30,31)25-18-6-2-1-3-7-18/h4-5,8-15,18,25H,1-3,6-7H2,(H2,23,24,27,32)/b14-9+. The fourth-order valence-corrected chi connectivity index (χ4v) is 4.98. The summed E-state index contributed by atoms with van der Waals surface area (Å²) in [6.07, 6.45) is 7.54. The predicted octanol–water partition coefficient (Wildman–Crippen LogP) is 3.73. The van der Waals surface area contributed by atoms with Crippen LogP contribution in [0.2, 0.25) is 0 Å². The third kappa shape index (κ3) is 7.45. The Balaban J connectivity index is 1.53. The van der Waals surface area contributed by atoms with Crippen molar-refractivity contribution in [1.82, 2.24) is 10.0 Å². The number of hydrogen-bond donors (Lipinski definition) is 3. The van der Waals surface area contributed by atoms with Crippen LogP contribution < -0.4 is 15.4 Å². The summed E-state index contributed by atoms with van der Waals surface area (Å²) in [6.45, 7) is 0. The average Bonchev–Trinajstić information content (AvgIpc) is 2.78. The highest BCUT2D eigenvalue weighted by Gasteiger charge is 2.21. The number of nitrogens with zero attached hydrogens (tertiary/aromatic N) is 1. The molecule has 0 bridgehead atoms. The van der Waals surface area contributed by atoms with E-state index in [4.69, 9.17) is 12.2 Å². The lowest BCUT2D eigenvalue weighted by molar-refractivity contribution is -0.384. The van der Waals surface area contributed by atoms with Gasteiger partial charge in [0, 0.05) is 29.9 Å². The second kappa shape index (κ2) is 11.1. The maximum absolute atomic E-state index is 12.6. The van der Waals surface area contributed by atoms with Crippen molar-refractivity contribution in [2.75, 3.05) is 5.32 Å². The van der Waals surface area contributed by atoms with Gasteiger partial charge in [-0.3, -0.25) is 20.2 Å². The number of nitro benzene ring substituents is 1. The summed E-state index contributed by atoms with van der Waals surface area (Å²) in [6, 6.07) is 11.9. The minimum Gasteiger partial charge on any atom is -0.332 e.